The largest absolute Gasteiger partial charge is 0.494 e. The Labute approximate surface area is 172 Å². The highest BCUT2D eigenvalue weighted by molar-refractivity contribution is 7.19. The minimum absolute atomic E-state index is 0.101. The number of nitriles is 1. The van der Waals surface area contributed by atoms with E-state index in [1.807, 2.05) is 56.3 Å². The molecule has 29 heavy (non-hydrogen) atoms. The summed E-state index contributed by atoms with van der Waals surface area (Å²) in [7, 11) is 0. The van der Waals surface area contributed by atoms with Gasteiger partial charge in [-0.15, -0.1) is 11.3 Å². The fourth-order valence-electron chi connectivity index (χ4n) is 3.43. The highest BCUT2D eigenvalue weighted by Crippen LogP contribution is 2.36. The van der Waals surface area contributed by atoms with E-state index in [0.717, 1.165) is 32.1 Å². The molecule has 0 spiro atoms. The van der Waals surface area contributed by atoms with Crippen molar-refractivity contribution in [2.45, 2.75) is 20.4 Å². The lowest BCUT2D eigenvalue weighted by Crippen LogP contribution is -2.21. The fourth-order valence-corrected chi connectivity index (χ4v) is 4.44. The first kappa shape index (κ1) is 18.9. The van der Waals surface area contributed by atoms with Crippen LogP contribution in [0.1, 0.15) is 22.9 Å². The number of hydrogen-bond donors (Lipinski definition) is 0. The summed E-state index contributed by atoms with van der Waals surface area (Å²) in [6.07, 6.45) is 1.57. The molecule has 0 unspecified atom stereocenters. The predicted octanol–water partition coefficient (Wildman–Crippen LogP) is 4.75. The number of nitrogens with zero attached hydrogens (tertiary/aromatic N) is 3. The summed E-state index contributed by atoms with van der Waals surface area (Å²) in [5.41, 5.74) is 3.14. The summed E-state index contributed by atoms with van der Waals surface area (Å²) in [6, 6.07) is 17.3. The summed E-state index contributed by atoms with van der Waals surface area (Å²) < 4.78 is 7.10. The summed E-state index contributed by atoms with van der Waals surface area (Å²) in [5, 5.41) is 9.95. The topological polar surface area (TPSA) is 67.9 Å². The van der Waals surface area contributed by atoms with E-state index in [1.165, 1.54) is 11.3 Å². The molecule has 5 nitrogen and oxygen atoms in total. The van der Waals surface area contributed by atoms with E-state index < -0.39 is 0 Å². The molecule has 6 heteroatoms. The highest BCUT2D eigenvalue weighted by atomic mass is 32.1. The molecule has 0 atom stereocenters. The van der Waals surface area contributed by atoms with Crippen LogP contribution in [0.2, 0.25) is 0 Å². The van der Waals surface area contributed by atoms with Gasteiger partial charge in [-0.1, -0.05) is 30.3 Å². The second-order valence-electron chi connectivity index (χ2n) is 6.62. The van der Waals surface area contributed by atoms with Crippen LogP contribution in [0.4, 0.5) is 0 Å². The van der Waals surface area contributed by atoms with Gasteiger partial charge < -0.3 is 4.74 Å². The number of thiophene rings is 1. The Morgan fingerprint density at radius 2 is 1.93 bits per heavy atom. The normalized spacial score (nSPS) is 10.8. The Kier molecular flexibility index (Phi) is 5.15. The molecule has 0 amide bonds. The van der Waals surface area contributed by atoms with Gasteiger partial charge in [0.2, 0.25) is 0 Å². The van der Waals surface area contributed by atoms with Crippen molar-refractivity contribution in [2.24, 2.45) is 0 Å². The van der Waals surface area contributed by atoms with Crippen molar-refractivity contribution in [3.63, 3.8) is 0 Å². The molecule has 4 aromatic rings. The lowest BCUT2D eigenvalue weighted by atomic mass is 10.0. The molecule has 0 bridgehead atoms. The number of fused-ring (bicyclic) bond motifs is 1. The predicted molar refractivity (Wildman–Crippen MR) is 115 cm³/mol. The summed E-state index contributed by atoms with van der Waals surface area (Å²) in [4.78, 5) is 19.6. The van der Waals surface area contributed by atoms with E-state index in [2.05, 4.69) is 11.1 Å². The van der Waals surface area contributed by atoms with Crippen molar-refractivity contribution in [2.75, 3.05) is 6.61 Å². The molecule has 2 aromatic heterocycles. The van der Waals surface area contributed by atoms with Crippen molar-refractivity contribution in [3.8, 4) is 22.9 Å². The molecule has 0 fully saturated rings. The Morgan fingerprint density at radius 3 is 2.66 bits per heavy atom. The Hall–Kier alpha value is -3.43. The van der Waals surface area contributed by atoms with Crippen LogP contribution < -0.4 is 10.3 Å². The zero-order chi connectivity index (χ0) is 20.4. The molecule has 0 N–H and O–H groups in total. The minimum atomic E-state index is -0.101. The van der Waals surface area contributed by atoms with Crippen LogP contribution in [-0.2, 0) is 6.54 Å². The fraction of sp³-hybridized carbons (Fsp3) is 0.174. The maximum atomic E-state index is 13.3. The number of aryl methyl sites for hydroxylation is 1. The second kappa shape index (κ2) is 7.90. The number of hydrogen-bond acceptors (Lipinski definition) is 5. The Balaban J connectivity index is 1.83. The van der Waals surface area contributed by atoms with E-state index in [-0.39, 0.29) is 5.56 Å². The summed E-state index contributed by atoms with van der Waals surface area (Å²) >= 11 is 1.52. The second-order valence-corrected chi connectivity index (χ2v) is 7.82. The van der Waals surface area contributed by atoms with Crippen molar-refractivity contribution in [1.29, 1.82) is 5.26 Å². The van der Waals surface area contributed by atoms with Crippen molar-refractivity contribution < 1.29 is 4.74 Å². The Morgan fingerprint density at radius 1 is 1.17 bits per heavy atom. The molecule has 0 saturated carbocycles. The third-order valence-electron chi connectivity index (χ3n) is 4.79. The average Bonchev–Trinajstić information content (AvgIpc) is 3.08. The van der Waals surface area contributed by atoms with Gasteiger partial charge >= 0.3 is 0 Å². The van der Waals surface area contributed by atoms with Crippen LogP contribution in [0.5, 0.6) is 5.75 Å². The first-order valence-electron chi connectivity index (χ1n) is 9.32. The summed E-state index contributed by atoms with van der Waals surface area (Å²) in [5.74, 6) is 0.803. The van der Waals surface area contributed by atoms with Gasteiger partial charge in [-0.2, -0.15) is 5.26 Å². The number of benzene rings is 2. The van der Waals surface area contributed by atoms with E-state index in [4.69, 9.17) is 4.74 Å². The van der Waals surface area contributed by atoms with Crippen molar-refractivity contribution in [1.82, 2.24) is 9.55 Å². The first-order chi connectivity index (χ1) is 14.1. The van der Waals surface area contributed by atoms with Gasteiger partial charge in [-0.3, -0.25) is 9.36 Å². The molecular formula is C23H19N3O2S. The number of ether oxygens (including phenoxy) is 1. The van der Waals surface area contributed by atoms with E-state index in [9.17, 15) is 10.1 Å². The van der Waals surface area contributed by atoms with Gasteiger partial charge in [0.25, 0.3) is 5.56 Å². The molecule has 0 radical (unpaired) electrons. The lowest BCUT2D eigenvalue weighted by molar-refractivity contribution is 0.340. The molecule has 4 rings (SSSR count). The van der Waals surface area contributed by atoms with Gasteiger partial charge in [-0.25, -0.2) is 4.98 Å². The molecule has 2 heterocycles. The molecule has 2 aromatic carbocycles. The summed E-state index contributed by atoms with van der Waals surface area (Å²) in [6.45, 7) is 4.87. The smallest absolute Gasteiger partial charge is 0.263 e. The highest BCUT2D eigenvalue weighted by Gasteiger charge is 2.17. The van der Waals surface area contributed by atoms with Gasteiger partial charge in [-0.05, 0) is 43.2 Å². The number of aromatic nitrogens is 2. The third kappa shape index (κ3) is 3.53. The number of rotatable bonds is 5. The Bertz CT molecular complexity index is 1280. The van der Waals surface area contributed by atoms with Crippen LogP contribution in [-0.4, -0.2) is 16.2 Å². The van der Waals surface area contributed by atoms with Crippen LogP contribution >= 0.6 is 11.3 Å². The zero-order valence-corrected chi connectivity index (χ0v) is 17.0. The molecule has 0 saturated heterocycles. The third-order valence-corrected chi connectivity index (χ3v) is 5.80. The molecule has 0 aliphatic heterocycles. The molecular weight excluding hydrogens is 382 g/mol. The quantitative estimate of drug-likeness (QED) is 0.484. The minimum Gasteiger partial charge on any atom is -0.494 e. The van der Waals surface area contributed by atoms with Crippen LogP contribution in [0.3, 0.4) is 0 Å². The molecule has 0 aliphatic rings. The SMILES string of the molecule is CCOc1ccc(-c2c(C)sc3ncn(Cc4ccccc4C#N)c(=O)c23)cc1. The molecule has 144 valence electrons. The van der Waals surface area contributed by atoms with Crippen LogP contribution in [0.25, 0.3) is 21.3 Å². The average molecular weight is 401 g/mol. The maximum absolute atomic E-state index is 13.3. The molecule has 0 aliphatic carbocycles. The van der Waals surface area contributed by atoms with Crippen molar-refractivity contribution in [3.05, 3.63) is 81.2 Å². The van der Waals surface area contributed by atoms with Crippen LogP contribution in [0, 0.1) is 18.3 Å². The van der Waals surface area contributed by atoms with E-state index in [1.54, 1.807) is 17.0 Å². The lowest BCUT2D eigenvalue weighted by Gasteiger charge is -2.08. The van der Waals surface area contributed by atoms with Gasteiger partial charge in [0.15, 0.2) is 0 Å². The van der Waals surface area contributed by atoms with Crippen LogP contribution in [0.15, 0.2) is 59.7 Å². The van der Waals surface area contributed by atoms with Gasteiger partial charge in [0.1, 0.15) is 10.6 Å². The van der Waals surface area contributed by atoms with E-state index in [0.29, 0.717) is 24.1 Å². The zero-order valence-electron chi connectivity index (χ0n) is 16.2. The standard InChI is InChI=1S/C23H19N3O2S/c1-3-28-19-10-8-16(9-11-19)20-15(2)29-22-21(20)23(27)26(14-25-22)13-18-7-5-4-6-17(18)12-24/h4-11,14H,3,13H2,1-2H3. The maximum Gasteiger partial charge on any atom is 0.263 e. The van der Waals surface area contributed by atoms with Crippen molar-refractivity contribution >= 4 is 21.6 Å². The van der Waals surface area contributed by atoms with E-state index >= 15 is 0 Å². The van der Waals surface area contributed by atoms with Gasteiger partial charge in [0, 0.05) is 10.4 Å². The monoisotopic (exact) mass is 401 g/mol. The first-order valence-corrected chi connectivity index (χ1v) is 10.1. The van der Waals surface area contributed by atoms with Gasteiger partial charge in [0.05, 0.1) is 36.5 Å².